The molecule has 4 rings (SSSR count). The average molecular weight is 323 g/mol. The van der Waals surface area contributed by atoms with Crippen LogP contribution in [0.4, 0.5) is 0 Å². The zero-order valence-electron chi connectivity index (χ0n) is 13.6. The molecule has 7 nitrogen and oxygen atoms in total. The Kier molecular flexibility index (Phi) is 4.33. The van der Waals surface area contributed by atoms with E-state index in [-0.39, 0.29) is 0 Å². The van der Waals surface area contributed by atoms with Crippen molar-refractivity contribution in [3.63, 3.8) is 0 Å². The highest BCUT2D eigenvalue weighted by atomic mass is 15.4. The Balaban J connectivity index is 1.35. The standard InChI is InChI=1S/C17H21N7/c1-2-4-16-20-21-17(23(16)10-3-1)13-18-12-14-5-7-15(8-6-14)24-11-9-19-22-24/h5-9,11,18H,1-4,10,12-13H2. The summed E-state index contributed by atoms with van der Waals surface area (Å²) in [5, 5.41) is 20.0. The first-order valence-electron chi connectivity index (χ1n) is 8.47. The Bertz CT molecular complexity index is 774. The highest BCUT2D eigenvalue weighted by molar-refractivity contribution is 5.33. The Hall–Kier alpha value is -2.54. The van der Waals surface area contributed by atoms with Crippen LogP contribution in [0.15, 0.2) is 36.7 Å². The molecule has 1 aliphatic heterocycles. The lowest BCUT2D eigenvalue weighted by atomic mass is 10.2. The molecule has 3 heterocycles. The van der Waals surface area contributed by atoms with Gasteiger partial charge in [0.25, 0.3) is 0 Å². The van der Waals surface area contributed by atoms with E-state index in [4.69, 9.17) is 0 Å². The first kappa shape index (κ1) is 15.0. The van der Waals surface area contributed by atoms with E-state index in [2.05, 4.69) is 54.7 Å². The van der Waals surface area contributed by atoms with Gasteiger partial charge < -0.3 is 9.88 Å². The van der Waals surface area contributed by atoms with Crippen LogP contribution in [-0.2, 0) is 26.1 Å². The number of aryl methyl sites for hydroxylation is 1. The predicted octanol–water partition coefficient (Wildman–Crippen LogP) is 1.88. The summed E-state index contributed by atoms with van der Waals surface area (Å²) in [6, 6.07) is 8.31. The second-order valence-electron chi connectivity index (χ2n) is 6.11. The van der Waals surface area contributed by atoms with Gasteiger partial charge in [-0.15, -0.1) is 15.3 Å². The summed E-state index contributed by atoms with van der Waals surface area (Å²) in [5.41, 5.74) is 2.24. The maximum Gasteiger partial charge on any atom is 0.147 e. The minimum Gasteiger partial charge on any atom is -0.314 e. The minimum absolute atomic E-state index is 0.748. The molecule has 0 fully saturated rings. The number of nitrogens with one attached hydrogen (secondary N) is 1. The van der Waals surface area contributed by atoms with E-state index in [0.29, 0.717) is 0 Å². The maximum absolute atomic E-state index is 4.35. The SMILES string of the molecule is c1cn(-c2ccc(CNCc3nnc4n3CCCCC4)cc2)nn1. The second kappa shape index (κ2) is 6.92. The molecule has 0 unspecified atom stereocenters. The Labute approximate surface area is 140 Å². The molecule has 24 heavy (non-hydrogen) atoms. The maximum atomic E-state index is 4.35. The lowest BCUT2D eigenvalue weighted by Crippen LogP contribution is -2.17. The first-order valence-corrected chi connectivity index (χ1v) is 8.47. The van der Waals surface area contributed by atoms with Crippen molar-refractivity contribution in [1.29, 1.82) is 0 Å². The van der Waals surface area contributed by atoms with Crippen molar-refractivity contribution in [3.05, 3.63) is 53.9 Å². The van der Waals surface area contributed by atoms with Crippen molar-refractivity contribution in [1.82, 2.24) is 35.1 Å². The lowest BCUT2D eigenvalue weighted by molar-refractivity contribution is 0.572. The van der Waals surface area contributed by atoms with Crippen LogP contribution < -0.4 is 5.32 Å². The zero-order chi connectivity index (χ0) is 16.2. The normalized spacial score (nSPS) is 14.3. The van der Waals surface area contributed by atoms with Gasteiger partial charge >= 0.3 is 0 Å². The van der Waals surface area contributed by atoms with Gasteiger partial charge in [0, 0.05) is 19.5 Å². The van der Waals surface area contributed by atoms with Gasteiger partial charge in [0.15, 0.2) is 0 Å². The van der Waals surface area contributed by atoms with E-state index in [1.807, 2.05) is 6.20 Å². The summed E-state index contributed by atoms with van der Waals surface area (Å²) in [6.07, 6.45) is 8.30. The van der Waals surface area contributed by atoms with E-state index in [0.717, 1.165) is 43.4 Å². The van der Waals surface area contributed by atoms with Crippen LogP contribution in [0.3, 0.4) is 0 Å². The molecule has 0 radical (unpaired) electrons. The summed E-state index contributed by atoms with van der Waals surface area (Å²) in [5.74, 6) is 2.19. The number of aromatic nitrogens is 6. The van der Waals surface area contributed by atoms with Gasteiger partial charge in [0.1, 0.15) is 11.6 Å². The largest absolute Gasteiger partial charge is 0.314 e. The highest BCUT2D eigenvalue weighted by Crippen LogP contribution is 2.14. The van der Waals surface area contributed by atoms with Crippen LogP contribution >= 0.6 is 0 Å². The van der Waals surface area contributed by atoms with Crippen LogP contribution in [0.1, 0.15) is 36.5 Å². The molecule has 0 amide bonds. The van der Waals surface area contributed by atoms with Crippen LogP contribution in [0.25, 0.3) is 5.69 Å². The summed E-state index contributed by atoms with van der Waals surface area (Å²) in [7, 11) is 0. The third-order valence-corrected chi connectivity index (χ3v) is 4.42. The van der Waals surface area contributed by atoms with Gasteiger partial charge in [0.05, 0.1) is 24.6 Å². The molecule has 1 N–H and O–H groups in total. The molecule has 0 bridgehead atoms. The summed E-state index contributed by atoms with van der Waals surface area (Å²) >= 11 is 0. The van der Waals surface area contributed by atoms with Gasteiger partial charge in [-0.3, -0.25) is 0 Å². The molecular formula is C17H21N7. The van der Waals surface area contributed by atoms with E-state index >= 15 is 0 Å². The van der Waals surface area contributed by atoms with Crippen LogP contribution in [0.2, 0.25) is 0 Å². The van der Waals surface area contributed by atoms with E-state index in [1.165, 1.54) is 24.8 Å². The lowest BCUT2D eigenvalue weighted by Gasteiger charge is -2.08. The highest BCUT2D eigenvalue weighted by Gasteiger charge is 2.13. The molecule has 0 spiro atoms. The molecule has 1 aromatic carbocycles. The smallest absolute Gasteiger partial charge is 0.147 e. The van der Waals surface area contributed by atoms with E-state index < -0.39 is 0 Å². The van der Waals surface area contributed by atoms with Crippen molar-refractivity contribution < 1.29 is 0 Å². The van der Waals surface area contributed by atoms with Crippen molar-refractivity contribution >= 4 is 0 Å². The first-order chi connectivity index (χ1) is 11.9. The third-order valence-electron chi connectivity index (χ3n) is 4.42. The molecule has 0 saturated heterocycles. The molecular weight excluding hydrogens is 302 g/mol. The summed E-state index contributed by atoms with van der Waals surface area (Å²) in [4.78, 5) is 0. The Morgan fingerprint density at radius 1 is 1.00 bits per heavy atom. The number of hydrogen-bond donors (Lipinski definition) is 1. The molecule has 3 aromatic rings. The quantitative estimate of drug-likeness (QED) is 0.776. The summed E-state index contributed by atoms with van der Waals surface area (Å²) < 4.78 is 4.04. The number of rotatable bonds is 5. The topological polar surface area (TPSA) is 73.5 Å². The number of benzene rings is 1. The van der Waals surface area contributed by atoms with Gasteiger partial charge in [-0.25, -0.2) is 4.68 Å². The molecule has 2 aromatic heterocycles. The fraction of sp³-hybridized carbons (Fsp3) is 0.412. The molecule has 0 aliphatic carbocycles. The van der Waals surface area contributed by atoms with Crippen molar-refractivity contribution in [2.24, 2.45) is 0 Å². The average Bonchev–Trinajstić information content (AvgIpc) is 3.21. The predicted molar refractivity (Wildman–Crippen MR) is 89.5 cm³/mol. The fourth-order valence-corrected chi connectivity index (χ4v) is 3.11. The Morgan fingerprint density at radius 2 is 1.92 bits per heavy atom. The molecule has 7 heteroatoms. The molecule has 0 atom stereocenters. The van der Waals surface area contributed by atoms with Gasteiger partial charge in [-0.05, 0) is 30.5 Å². The van der Waals surface area contributed by atoms with Crippen LogP contribution in [-0.4, -0.2) is 29.8 Å². The second-order valence-corrected chi connectivity index (χ2v) is 6.11. The van der Waals surface area contributed by atoms with Crippen LogP contribution in [0.5, 0.6) is 0 Å². The zero-order valence-corrected chi connectivity index (χ0v) is 13.6. The van der Waals surface area contributed by atoms with Gasteiger partial charge in [-0.1, -0.05) is 23.8 Å². The number of hydrogen-bond acceptors (Lipinski definition) is 5. The van der Waals surface area contributed by atoms with E-state index in [1.54, 1.807) is 10.9 Å². The van der Waals surface area contributed by atoms with Crippen molar-refractivity contribution in [2.75, 3.05) is 0 Å². The van der Waals surface area contributed by atoms with Gasteiger partial charge in [-0.2, -0.15) is 0 Å². The van der Waals surface area contributed by atoms with Crippen LogP contribution in [0, 0.1) is 0 Å². The van der Waals surface area contributed by atoms with Crippen molar-refractivity contribution in [3.8, 4) is 5.69 Å². The molecule has 1 aliphatic rings. The molecule has 124 valence electrons. The van der Waals surface area contributed by atoms with E-state index in [9.17, 15) is 0 Å². The number of fused-ring (bicyclic) bond motifs is 1. The van der Waals surface area contributed by atoms with Gasteiger partial charge in [0.2, 0.25) is 0 Å². The minimum atomic E-state index is 0.748. The number of nitrogens with zero attached hydrogens (tertiary/aromatic N) is 6. The molecule has 0 saturated carbocycles. The summed E-state index contributed by atoms with van der Waals surface area (Å²) in [6.45, 7) is 2.60. The van der Waals surface area contributed by atoms with Crippen molar-refractivity contribution in [2.45, 2.75) is 45.3 Å². The Morgan fingerprint density at radius 3 is 2.75 bits per heavy atom. The third kappa shape index (κ3) is 3.21. The fourth-order valence-electron chi connectivity index (χ4n) is 3.11. The monoisotopic (exact) mass is 323 g/mol.